The molecule has 1 aliphatic rings. The lowest BCUT2D eigenvalue weighted by Gasteiger charge is -2.35. The predicted molar refractivity (Wildman–Crippen MR) is 119 cm³/mol. The molecule has 1 heterocycles. The van der Waals surface area contributed by atoms with Gasteiger partial charge in [0, 0.05) is 26.2 Å². The topological polar surface area (TPSA) is 93.2 Å². The van der Waals surface area contributed by atoms with Gasteiger partial charge < -0.3 is 14.4 Å². The Morgan fingerprint density at radius 1 is 0.969 bits per heavy atom. The van der Waals surface area contributed by atoms with Crippen molar-refractivity contribution in [3.8, 4) is 5.75 Å². The van der Waals surface area contributed by atoms with E-state index >= 15 is 0 Å². The van der Waals surface area contributed by atoms with Crippen LogP contribution < -0.4 is 4.74 Å². The van der Waals surface area contributed by atoms with Gasteiger partial charge in [-0.3, -0.25) is 4.79 Å². The number of sulfonamides is 1. The molecule has 8 nitrogen and oxygen atoms in total. The van der Waals surface area contributed by atoms with E-state index in [1.54, 1.807) is 30.3 Å². The van der Waals surface area contributed by atoms with Crippen LogP contribution >= 0.6 is 0 Å². The van der Waals surface area contributed by atoms with Crippen molar-refractivity contribution < 1.29 is 27.5 Å². The van der Waals surface area contributed by atoms with Crippen LogP contribution in [0.5, 0.6) is 5.75 Å². The van der Waals surface area contributed by atoms with Gasteiger partial charge in [0.05, 0.1) is 4.90 Å². The second-order valence-electron chi connectivity index (χ2n) is 7.79. The Morgan fingerprint density at radius 3 is 2.16 bits per heavy atom. The molecular formula is C23H28N2O6S. The monoisotopic (exact) mass is 460 g/mol. The number of benzene rings is 2. The zero-order chi connectivity index (χ0) is 23.3. The Kier molecular flexibility index (Phi) is 7.52. The third-order valence-electron chi connectivity index (χ3n) is 5.14. The fourth-order valence-corrected chi connectivity index (χ4v) is 5.03. The second-order valence-corrected chi connectivity index (χ2v) is 9.72. The van der Waals surface area contributed by atoms with Gasteiger partial charge in [-0.25, -0.2) is 13.2 Å². The fourth-order valence-electron chi connectivity index (χ4n) is 3.59. The van der Waals surface area contributed by atoms with E-state index in [0.29, 0.717) is 5.75 Å². The molecule has 1 saturated heterocycles. The molecule has 0 spiro atoms. The van der Waals surface area contributed by atoms with E-state index in [4.69, 9.17) is 9.47 Å². The summed E-state index contributed by atoms with van der Waals surface area (Å²) >= 11 is 0. The summed E-state index contributed by atoms with van der Waals surface area (Å²) in [6.07, 6.45) is -0.984. The average Bonchev–Trinajstić information content (AvgIpc) is 2.77. The Balaban J connectivity index is 1.48. The quantitative estimate of drug-likeness (QED) is 0.588. The summed E-state index contributed by atoms with van der Waals surface area (Å²) < 4.78 is 37.5. The normalized spacial score (nSPS) is 15.8. The molecule has 0 N–H and O–H groups in total. The Bertz CT molecular complexity index is 1040. The molecule has 3 rings (SSSR count). The van der Waals surface area contributed by atoms with Crippen molar-refractivity contribution in [1.29, 1.82) is 0 Å². The molecule has 32 heavy (non-hydrogen) atoms. The number of aryl methyl sites for hydroxylation is 2. The lowest BCUT2D eigenvalue weighted by atomic mass is 10.1. The van der Waals surface area contributed by atoms with E-state index in [2.05, 4.69) is 0 Å². The van der Waals surface area contributed by atoms with Gasteiger partial charge in [-0.05, 0) is 56.2 Å². The number of nitrogens with zero attached hydrogens (tertiary/aromatic N) is 2. The van der Waals surface area contributed by atoms with Gasteiger partial charge in [0.25, 0.3) is 5.91 Å². The minimum absolute atomic E-state index is 0.180. The van der Waals surface area contributed by atoms with Gasteiger partial charge in [0.2, 0.25) is 10.0 Å². The lowest BCUT2D eigenvalue weighted by Crippen LogP contribution is -2.53. The van der Waals surface area contributed by atoms with Crippen molar-refractivity contribution in [2.24, 2.45) is 0 Å². The molecule has 1 unspecified atom stereocenters. The third-order valence-corrected chi connectivity index (χ3v) is 7.05. The van der Waals surface area contributed by atoms with Crippen molar-refractivity contribution in [3.63, 3.8) is 0 Å². The summed E-state index contributed by atoms with van der Waals surface area (Å²) in [6, 6.07) is 13.8. The number of hydrogen-bond donors (Lipinski definition) is 0. The molecule has 0 bridgehead atoms. The molecule has 1 aliphatic heterocycles. The fraction of sp³-hybridized carbons (Fsp3) is 0.391. The summed E-state index contributed by atoms with van der Waals surface area (Å²) in [5, 5.41) is 0. The Labute approximate surface area is 188 Å². The van der Waals surface area contributed by atoms with Gasteiger partial charge in [0.1, 0.15) is 5.75 Å². The van der Waals surface area contributed by atoms with Crippen molar-refractivity contribution in [2.75, 3.05) is 32.8 Å². The number of esters is 1. The Morgan fingerprint density at radius 2 is 1.56 bits per heavy atom. The molecule has 0 aromatic heterocycles. The minimum Gasteiger partial charge on any atom is -0.482 e. The first kappa shape index (κ1) is 23.7. The number of amides is 1. The zero-order valence-corrected chi connectivity index (χ0v) is 19.3. The van der Waals surface area contributed by atoms with Gasteiger partial charge in [-0.1, -0.05) is 24.3 Å². The van der Waals surface area contributed by atoms with Crippen LogP contribution in [0.15, 0.2) is 53.4 Å². The summed E-state index contributed by atoms with van der Waals surface area (Å²) in [5.41, 5.74) is 2.04. The lowest BCUT2D eigenvalue weighted by molar-refractivity contribution is -0.161. The molecule has 0 aliphatic carbocycles. The van der Waals surface area contributed by atoms with Crippen molar-refractivity contribution in [2.45, 2.75) is 31.8 Å². The molecule has 172 valence electrons. The highest BCUT2D eigenvalue weighted by Gasteiger charge is 2.32. The average molecular weight is 461 g/mol. The van der Waals surface area contributed by atoms with Gasteiger partial charge in [-0.15, -0.1) is 0 Å². The van der Waals surface area contributed by atoms with E-state index < -0.39 is 22.1 Å². The summed E-state index contributed by atoms with van der Waals surface area (Å²) in [7, 11) is -3.60. The standard InChI is InChI=1S/C23H28N2O6S/c1-17-13-18(2)15-20(14-17)30-16-22(26)31-19(3)23(27)24-9-11-25(12-10-24)32(28,29)21-7-5-4-6-8-21/h4-8,13-15,19H,9-12,16H2,1-3H3. The maximum absolute atomic E-state index is 12.7. The van der Waals surface area contributed by atoms with E-state index in [1.165, 1.54) is 16.1 Å². The first-order valence-electron chi connectivity index (χ1n) is 10.4. The van der Waals surface area contributed by atoms with Crippen LogP contribution in [0.4, 0.5) is 0 Å². The van der Waals surface area contributed by atoms with Crippen LogP contribution in [0.25, 0.3) is 0 Å². The van der Waals surface area contributed by atoms with Crippen molar-refractivity contribution in [3.05, 3.63) is 59.7 Å². The number of carbonyl (C=O) groups excluding carboxylic acids is 2. The second kappa shape index (κ2) is 10.1. The Hall–Kier alpha value is -2.91. The third kappa shape index (κ3) is 5.86. The van der Waals surface area contributed by atoms with Crippen molar-refractivity contribution in [1.82, 2.24) is 9.21 Å². The largest absolute Gasteiger partial charge is 0.482 e. The van der Waals surface area contributed by atoms with E-state index in [1.807, 2.05) is 32.0 Å². The maximum Gasteiger partial charge on any atom is 0.344 e. The molecule has 1 atom stereocenters. The van der Waals surface area contributed by atoms with E-state index in [0.717, 1.165) is 11.1 Å². The van der Waals surface area contributed by atoms with Gasteiger partial charge in [0.15, 0.2) is 12.7 Å². The number of piperazine rings is 1. The van der Waals surface area contributed by atoms with E-state index in [9.17, 15) is 18.0 Å². The molecule has 1 amide bonds. The number of ether oxygens (including phenoxy) is 2. The highest BCUT2D eigenvalue weighted by Crippen LogP contribution is 2.18. The van der Waals surface area contributed by atoms with Crippen LogP contribution in [-0.4, -0.2) is 68.4 Å². The number of rotatable bonds is 7. The van der Waals surface area contributed by atoms with Crippen molar-refractivity contribution >= 4 is 21.9 Å². The predicted octanol–water partition coefficient (Wildman–Crippen LogP) is 2.15. The summed E-state index contributed by atoms with van der Waals surface area (Å²) in [5.74, 6) is -0.439. The first-order chi connectivity index (χ1) is 15.2. The number of hydrogen-bond acceptors (Lipinski definition) is 6. The van der Waals surface area contributed by atoms with E-state index in [-0.39, 0.29) is 43.6 Å². The summed E-state index contributed by atoms with van der Waals surface area (Å²) in [6.45, 7) is 5.89. The molecule has 0 radical (unpaired) electrons. The minimum atomic E-state index is -3.60. The van der Waals surface area contributed by atoms with Gasteiger partial charge in [-0.2, -0.15) is 4.31 Å². The molecule has 0 saturated carbocycles. The highest BCUT2D eigenvalue weighted by atomic mass is 32.2. The van der Waals surface area contributed by atoms with Crippen LogP contribution in [0.3, 0.4) is 0 Å². The molecule has 9 heteroatoms. The van der Waals surface area contributed by atoms with Crippen LogP contribution in [0, 0.1) is 13.8 Å². The van der Waals surface area contributed by atoms with Gasteiger partial charge >= 0.3 is 5.97 Å². The molecular weight excluding hydrogens is 432 g/mol. The molecule has 2 aromatic carbocycles. The number of carbonyl (C=O) groups is 2. The first-order valence-corrected chi connectivity index (χ1v) is 11.9. The van der Waals surface area contributed by atoms with Crippen LogP contribution in [-0.2, 0) is 24.3 Å². The summed E-state index contributed by atoms with van der Waals surface area (Å²) in [4.78, 5) is 26.5. The smallest absolute Gasteiger partial charge is 0.344 e. The molecule has 1 fully saturated rings. The highest BCUT2D eigenvalue weighted by molar-refractivity contribution is 7.89. The SMILES string of the molecule is Cc1cc(C)cc(OCC(=O)OC(C)C(=O)N2CCN(S(=O)(=O)c3ccccc3)CC2)c1. The van der Waals surface area contributed by atoms with Crippen LogP contribution in [0.2, 0.25) is 0 Å². The maximum atomic E-state index is 12.7. The zero-order valence-electron chi connectivity index (χ0n) is 18.5. The molecule has 2 aromatic rings. The van der Waals surface area contributed by atoms with Crippen LogP contribution in [0.1, 0.15) is 18.1 Å².